The summed E-state index contributed by atoms with van der Waals surface area (Å²) in [5, 5.41) is 0. The Hall–Kier alpha value is -2.38. The van der Waals surface area contributed by atoms with Crippen molar-refractivity contribution in [3.8, 4) is 5.75 Å². The van der Waals surface area contributed by atoms with E-state index in [1.807, 2.05) is 12.1 Å². The number of sulfonamides is 1. The number of methoxy groups -OCH3 is 1. The minimum atomic E-state index is -3.74. The monoisotopic (exact) mass is 414 g/mol. The predicted molar refractivity (Wildman–Crippen MR) is 111 cm³/mol. The highest BCUT2D eigenvalue weighted by Gasteiger charge is 2.32. The summed E-state index contributed by atoms with van der Waals surface area (Å²) in [5.41, 5.74) is 2.79. The molecular weight excluding hydrogens is 388 g/mol. The van der Waals surface area contributed by atoms with Gasteiger partial charge in [-0.3, -0.25) is 4.79 Å². The zero-order valence-corrected chi connectivity index (χ0v) is 17.5. The quantitative estimate of drug-likeness (QED) is 0.787. The first-order chi connectivity index (χ1) is 13.9. The highest BCUT2D eigenvalue weighted by molar-refractivity contribution is 7.89. The van der Waals surface area contributed by atoms with Gasteiger partial charge in [-0.15, -0.1) is 0 Å². The fourth-order valence-corrected chi connectivity index (χ4v) is 5.48. The molecule has 2 aromatic rings. The molecule has 0 spiro atoms. The molecule has 7 heteroatoms. The molecule has 1 saturated carbocycles. The minimum Gasteiger partial charge on any atom is -0.495 e. The number of fused-ring (bicyclic) bond motifs is 1. The summed E-state index contributed by atoms with van der Waals surface area (Å²) < 4.78 is 33.4. The molecule has 0 aromatic heterocycles. The van der Waals surface area contributed by atoms with Crippen molar-refractivity contribution in [2.75, 3.05) is 14.2 Å². The van der Waals surface area contributed by atoms with Crippen molar-refractivity contribution in [2.24, 2.45) is 0 Å². The molecule has 6 nitrogen and oxygen atoms in total. The van der Waals surface area contributed by atoms with Crippen LogP contribution in [0.2, 0.25) is 0 Å². The summed E-state index contributed by atoms with van der Waals surface area (Å²) >= 11 is 0. The van der Waals surface area contributed by atoms with Crippen molar-refractivity contribution < 1.29 is 17.9 Å². The summed E-state index contributed by atoms with van der Waals surface area (Å²) in [6, 6.07) is 12.8. The Morgan fingerprint density at radius 1 is 1.14 bits per heavy atom. The smallest absolute Gasteiger partial charge is 0.254 e. The van der Waals surface area contributed by atoms with Gasteiger partial charge in [0.15, 0.2) is 0 Å². The number of benzene rings is 2. The molecule has 4 rings (SSSR count). The van der Waals surface area contributed by atoms with Crippen LogP contribution < -0.4 is 9.46 Å². The normalized spacial score (nSPS) is 18.8. The lowest BCUT2D eigenvalue weighted by atomic mass is 9.87. The number of carbonyl (C=O) groups excluding carboxylic acids is 1. The molecule has 0 radical (unpaired) electrons. The average molecular weight is 415 g/mol. The summed E-state index contributed by atoms with van der Waals surface area (Å²) in [5.74, 6) is 0.0394. The molecule has 1 amide bonds. The van der Waals surface area contributed by atoms with Crippen molar-refractivity contribution >= 4 is 15.9 Å². The van der Waals surface area contributed by atoms with Crippen LogP contribution in [-0.4, -0.2) is 39.4 Å². The molecule has 2 aliphatic rings. The van der Waals surface area contributed by atoms with Gasteiger partial charge in [0.1, 0.15) is 10.6 Å². The van der Waals surface area contributed by atoms with Gasteiger partial charge in [-0.2, -0.15) is 0 Å². The molecule has 2 aromatic carbocycles. The van der Waals surface area contributed by atoms with Crippen molar-refractivity contribution in [2.45, 2.75) is 49.1 Å². The topological polar surface area (TPSA) is 75.7 Å². The van der Waals surface area contributed by atoms with Gasteiger partial charge in [0.25, 0.3) is 5.91 Å². The predicted octanol–water partition coefficient (Wildman–Crippen LogP) is 3.29. The van der Waals surface area contributed by atoms with Gasteiger partial charge in [-0.25, -0.2) is 13.1 Å². The van der Waals surface area contributed by atoms with Crippen LogP contribution in [0.3, 0.4) is 0 Å². The SMILES string of the molecule is COc1ccc(C(=O)N(C)C2CCCc3ccccc32)cc1S(=O)(=O)NC1CC1. The lowest BCUT2D eigenvalue weighted by Crippen LogP contribution is -2.33. The van der Waals surface area contributed by atoms with Crippen LogP contribution in [0.15, 0.2) is 47.4 Å². The Morgan fingerprint density at radius 3 is 2.62 bits per heavy atom. The molecule has 1 unspecified atom stereocenters. The third kappa shape index (κ3) is 4.02. The first-order valence-corrected chi connectivity index (χ1v) is 11.4. The maximum absolute atomic E-state index is 13.2. The van der Waals surface area contributed by atoms with Crippen molar-refractivity contribution in [3.63, 3.8) is 0 Å². The minimum absolute atomic E-state index is 0.00944. The maximum Gasteiger partial charge on any atom is 0.254 e. The largest absolute Gasteiger partial charge is 0.495 e. The van der Waals surface area contributed by atoms with E-state index in [9.17, 15) is 13.2 Å². The number of aryl methyl sites for hydroxylation is 1. The van der Waals surface area contributed by atoms with Gasteiger partial charge in [0.2, 0.25) is 10.0 Å². The number of ether oxygens (including phenoxy) is 1. The van der Waals surface area contributed by atoms with Gasteiger partial charge >= 0.3 is 0 Å². The third-order valence-electron chi connectivity index (χ3n) is 5.72. The zero-order chi connectivity index (χ0) is 20.6. The number of hydrogen-bond acceptors (Lipinski definition) is 4. The number of amides is 1. The molecule has 0 saturated heterocycles. The van der Waals surface area contributed by atoms with E-state index in [4.69, 9.17) is 4.74 Å². The van der Waals surface area contributed by atoms with E-state index in [0.717, 1.165) is 32.1 Å². The van der Waals surface area contributed by atoms with Crippen LogP contribution >= 0.6 is 0 Å². The molecular formula is C22H26N2O4S. The third-order valence-corrected chi connectivity index (χ3v) is 7.27. The fourth-order valence-electron chi connectivity index (χ4n) is 3.98. The Labute approximate surface area is 171 Å². The molecule has 1 N–H and O–H groups in total. The molecule has 0 heterocycles. The second-order valence-electron chi connectivity index (χ2n) is 7.78. The summed E-state index contributed by atoms with van der Waals surface area (Å²) in [6.07, 6.45) is 4.61. The van der Waals surface area contributed by atoms with Crippen molar-refractivity contribution in [1.82, 2.24) is 9.62 Å². The molecule has 154 valence electrons. The summed E-state index contributed by atoms with van der Waals surface area (Å²) in [6.45, 7) is 0. The van der Waals surface area contributed by atoms with Crippen LogP contribution in [-0.2, 0) is 16.4 Å². The number of hydrogen-bond donors (Lipinski definition) is 1. The van der Waals surface area contributed by atoms with Crippen LogP contribution in [0.25, 0.3) is 0 Å². The van der Waals surface area contributed by atoms with E-state index in [2.05, 4.69) is 16.9 Å². The summed E-state index contributed by atoms with van der Waals surface area (Å²) in [4.78, 5) is 15.0. The first-order valence-electron chi connectivity index (χ1n) is 9.96. The Balaban J connectivity index is 1.64. The van der Waals surface area contributed by atoms with Crippen LogP contribution in [0.4, 0.5) is 0 Å². The molecule has 29 heavy (non-hydrogen) atoms. The average Bonchev–Trinajstić information content (AvgIpc) is 3.55. The number of nitrogens with zero attached hydrogens (tertiary/aromatic N) is 1. The van der Waals surface area contributed by atoms with Crippen LogP contribution in [0, 0.1) is 0 Å². The number of nitrogens with one attached hydrogen (secondary N) is 1. The first kappa shape index (κ1) is 19.9. The number of rotatable bonds is 6. The zero-order valence-electron chi connectivity index (χ0n) is 16.7. The van der Waals surface area contributed by atoms with E-state index < -0.39 is 10.0 Å². The van der Waals surface area contributed by atoms with Gasteiger partial charge in [-0.1, -0.05) is 24.3 Å². The van der Waals surface area contributed by atoms with Gasteiger partial charge in [0, 0.05) is 18.7 Å². The van der Waals surface area contributed by atoms with Gasteiger partial charge in [-0.05, 0) is 61.4 Å². The van der Waals surface area contributed by atoms with Gasteiger partial charge < -0.3 is 9.64 Å². The maximum atomic E-state index is 13.2. The fraction of sp³-hybridized carbons (Fsp3) is 0.409. The standard InChI is InChI=1S/C22H26N2O4S/c1-24(19-9-5-7-15-6-3-4-8-18(15)19)22(25)16-10-13-20(28-2)21(14-16)29(26,27)23-17-11-12-17/h3-4,6,8,10,13-14,17,19,23H,5,7,9,11-12H2,1-2H3. The molecule has 1 fully saturated rings. The van der Waals surface area contributed by atoms with E-state index >= 15 is 0 Å². The number of carbonyl (C=O) groups is 1. The van der Waals surface area contributed by atoms with Crippen molar-refractivity contribution in [1.29, 1.82) is 0 Å². The molecule has 0 aliphatic heterocycles. The Bertz CT molecular complexity index is 1030. The van der Waals surface area contributed by atoms with E-state index in [-0.39, 0.29) is 28.6 Å². The van der Waals surface area contributed by atoms with Crippen LogP contribution in [0.1, 0.15) is 53.2 Å². The van der Waals surface area contributed by atoms with E-state index in [0.29, 0.717) is 5.56 Å². The van der Waals surface area contributed by atoms with Crippen LogP contribution in [0.5, 0.6) is 5.75 Å². The lowest BCUT2D eigenvalue weighted by Gasteiger charge is -2.33. The highest BCUT2D eigenvalue weighted by Crippen LogP contribution is 2.35. The van der Waals surface area contributed by atoms with E-state index in [1.165, 1.54) is 24.3 Å². The van der Waals surface area contributed by atoms with Gasteiger partial charge in [0.05, 0.1) is 13.2 Å². The summed E-state index contributed by atoms with van der Waals surface area (Å²) in [7, 11) is -0.524. The molecule has 1 atom stereocenters. The second kappa shape index (κ2) is 7.80. The van der Waals surface area contributed by atoms with Crippen molar-refractivity contribution in [3.05, 3.63) is 59.2 Å². The Kier molecular flexibility index (Phi) is 5.36. The second-order valence-corrected chi connectivity index (χ2v) is 9.47. The lowest BCUT2D eigenvalue weighted by molar-refractivity contribution is 0.0715. The van der Waals surface area contributed by atoms with E-state index in [1.54, 1.807) is 24.1 Å². The Morgan fingerprint density at radius 2 is 1.90 bits per heavy atom. The molecule has 2 aliphatic carbocycles. The molecule has 0 bridgehead atoms. The highest BCUT2D eigenvalue weighted by atomic mass is 32.2.